The van der Waals surface area contributed by atoms with Crippen molar-refractivity contribution in [2.45, 2.75) is 57.4 Å². The summed E-state index contributed by atoms with van der Waals surface area (Å²) in [7, 11) is 0. The van der Waals surface area contributed by atoms with Crippen LogP contribution < -0.4 is 0 Å². The summed E-state index contributed by atoms with van der Waals surface area (Å²) in [4.78, 5) is 30.5. The number of halogens is 1. The van der Waals surface area contributed by atoms with Crippen molar-refractivity contribution in [1.29, 1.82) is 0 Å². The predicted octanol–water partition coefficient (Wildman–Crippen LogP) is 4.68. The van der Waals surface area contributed by atoms with E-state index in [1.165, 1.54) is 0 Å². The number of piperidine rings is 1. The Labute approximate surface area is 158 Å². The minimum absolute atomic E-state index is 0.0688. The van der Waals surface area contributed by atoms with Gasteiger partial charge < -0.3 is 9.88 Å². The molecule has 1 saturated heterocycles. The third-order valence-corrected chi connectivity index (χ3v) is 6.47. The summed E-state index contributed by atoms with van der Waals surface area (Å²) < 4.78 is 0. The summed E-state index contributed by atoms with van der Waals surface area (Å²) in [5.41, 5.74) is 2.09. The Morgan fingerprint density at radius 2 is 2.15 bits per heavy atom. The third-order valence-electron chi connectivity index (χ3n) is 6.16. The fraction of sp³-hybridized carbons (Fsp3) is 0.524. The second-order valence-electron chi connectivity index (χ2n) is 7.77. The molecule has 5 heteroatoms. The average Bonchev–Trinajstić information content (AvgIpc) is 3.08. The zero-order chi connectivity index (χ0) is 18.3. The molecule has 1 N–H and O–H groups in total. The van der Waals surface area contributed by atoms with Crippen LogP contribution in [0.15, 0.2) is 24.4 Å². The normalized spacial score (nSPS) is 24.5. The number of rotatable bonds is 3. The summed E-state index contributed by atoms with van der Waals surface area (Å²) in [6.07, 6.45) is 7.08. The Kier molecular flexibility index (Phi) is 4.78. The van der Waals surface area contributed by atoms with Gasteiger partial charge in [0.15, 0.2) is 0 Å². The van der Waals surface area contributed by atoms with E-state index in [2.05, 4.69) is 11.9 Å². The number of H-pyrrole nitrogens is 1. The van der Waals surface area contributed by atoms with Gasteiger partial charge in [-0.25, -0.2) is 0 Å². The quantitative estimate of drug-likeness (QED) is 0.850. The van der Waals surface area contributed by atoms with Crippen molar-refractivity contribution in [2.24, 2.45) is 5.92 Å². The zero-order valence-corrected chi connectivity index (χ0v) is 15.9. The van der Waals surface area contributed by atoms with Crippen molar-refractivity contribution in [3.63, 3.8) is 0 Å². The molecule has 1 aromatic carbocycles. The lowest BCUT2D eigenvalue weighted by atomic mass is 9.77. The Bertz CT molecular complexity index is 844. The monoisotopic (exact) mass is 372 g/mol. The van der Waals surface area contributed by atoms with E-state index >= 15 is 0 Å². The van der Waals surface area contributed by atoms with Crippen LogP contribution in [0.1, 0.15) is 56.9 Å². The van der Waals surface area contributed by atoms with Crippen LogP contribution in [-0.4, -0.2) is 34.2 Å². The van der Waals surface area contributed by atoms with Crippen LogP contribution in [0.5, 0.6) is 0 Å². The van der Waals surface area contributed by atoms with Crippen LogP contribution in [-0.2, 0) is 9.59 Å². The van der Waals surface area contributed by atoms with Crippen LogP contribution >= 0.6 is 11.6 Å². The number of carbonyl (C=O) groups is 2. The van der Waals surface area contributed by atoms with Gasteiger partial charge in [0.2, 0.25) is 5.91 Å². The molecule has 26 heavy (non-hydrogen) atoms. The fourth-order valence-corrected chi connectivity index (χ4v) is 5.08. The number of Topliss-reactive ketones (excluding diaryl/α,β-unsaturated/α-hetero) is 1. The first-order chi connectivity index (χ1) is 12.6. The Morgan fingerprint density at radius 3 is 3.00 bits per heavy atom. The van der Waals surface area contributed by atoms with Crippen LogP contribution in [0, 0.1) is 5.92 Å². The number of nitrogens with zero attached hydrogens (tertiary/aromatic N) is 1. The van der Waals surface area contributed by atoms with E-state index in [1.807, 2.05) is 29.3 Å². The van der Waals surface area contributed by atoms with Gasteiger partial charge in [-0.05, 0) is 36.5 Å². The molecule has 0 spiro atoms. The number of ketones is 1. The minimum Gasteiger partial charge on any atom is -0.361 e. The van der Waals surface area contributed by atoms with Gasteiger partial charge in [-0.2, -0.15) is 0 Å². The first-order valence-corrected chi connectivity index (χ1v) is 10.0. The number of carbonyl (C=O) groups excluding carboxylic acids is 2. The highest BCUT2D eigenvalue weighted by molar-refractivity contribution is 6.35. The predicted molar refractivity (Wildman–Crippen MR) is 103 cm³/mol. The molecule has 1 aromatic heterocycles. The van der Waals surface area contributed by atoms with Gasteiger partial charge in [0, 0.05) is 48.4 Å². The van der Waals surface area contributed by atoms with Gasteiger partial charge in [-0.3, -0.25) is 9.59 Å². The molecule has 4 nitrogen and oxygen atoms in total. The van der Waals surface area contributed by atoms with Crippen molar-refractivity contribution >= 4 is 34.2 Å². The second kappa shape index (κ2) is 7.07. The molecule has 2 heterocycles. The highest BCUT2D eigenvalue weighted by Crippen LogP contribution is 2.36. The summed E-state index contributed by atoms with van der Waals surface area (Å²) in [5, 5.41) is 1.73. The minimum atomic E-state index is 0.0688. The van der Waals surface area contributed by atoms with E-state index in [4.69, 9.17) is 11.6 Å². The SMILES string of the molecule is CC(CC(=O)N1CCC(=O)C2CCCCC21)c1c[nH]c2cccc(Cl)c12. The largest absolute Gasteiger partial charge is 0.361 e. The van der Waals surface area contributed by atoms with Crippen LogP contribution in [0.4, 0.5) is 0 Å². The number of hydrogen-bond donors (Lipinski definition) is 1. The highest BCUT2D eigenvalue weighted by Gasteiger charge is 2.40. The van der Waals surface area contributed by atoms with Crippen LogP contribution in [0.25, 0.3) is 10.9 Å². The van der Waals surface area contributed by atoms with E-state index < -0.39 is 0 Å². The van der Waals surface area contributed by atoms with E-state index in [-0.39, 0.29) is 23.8 Å². The van der Waals surface area contributed by atoms with Crippen molar-refractivity contribution in [2.75, 3.05) is 6.54 Å². The van der Waals surface area contributed by atoms with Crippen molar-refractivity contribution in [3.8, 4) is 0 Å². The average molecular weight is 373 g/mol. The number of benzene rings is 1. The molecule has 0 bridgehead atoms. The van der Waals surface area contributed by atoms with Crippen LogP contribution in [0.2, 0.25) is 5.02 Å². The molecule has 1 saturated carbocycles. The molecule has 2 aliphatic rings. The summed E-state index contributed by atoms with van der Waals surface area (Å²) >= 11 is 6.39. The van der Waals surface area contributed by atoms with Gasteiger partial charge in [-0.1, -0.05) is 37.4 Å². The number of nitrogens with one attached hydrogen (secondary N) is 1. The second-order valence-corrected chi connectivity index (χ2v) is 8.18. The number of aromatic nitrogens is 1. The van der Waals surface area contributed by atoms with E-state index in [0.717, 1.165) is 42.1 Å². The Morgan fingerprint density at radius 1 is 1.35 bits per heavy atom. The lowest BCUT2D eigenvalue weighted by Gasteiger charge is -2.43. The number of likely N-dealkylation sites (tertiary alicyclic amines) is 1. The topological polar surface area (TPSA) is 53.2 Å². The van der Waals surface area contributed by atoms with Crippen molar-refractivity contribution in [1.82, 2.24) is 9.88 Å². The molecule has 3 unspecified atom stereocenters. The molecular formula is C21H25ClN2O2. The maximum atomic E-state index is 13.1. The molecule has 3 atom stereocenters. The number of amides is 1. The van der Waals surface area contributed by atoms with Crippen LogP contribution in [0.3, 0.4) is 0 Å². The van der Waals surface area contributed by atoms with Crippen molar-refractivity contribution < 1.29 is 9.59 Å². The lowest BCUT2D eigenvalue weighted by Crippen LogP contribution is -2.53. The smallest absolute Gasteiger partial charge is 0.223 e. The van der Waals surface area contributed by atoms with Crippen molar-refractivity contribution in [3.05, 3.63) is 35.0 Å². The van der Waals surface area contributed by atoms with E-state index in [1.54, 1.807) is 0 Å². The zero-order valence-electron chi connectivity index (χ0n) is 15.1. The number of aromatic amines is 1. The summed E-state index contributed by atoms with van der Waals surface area (Å²) in [6, 6.07) is 5.94. The third kappa shape index (κ3) is 3.05. The fourth-order valence-electron chi connectivity index (χ4n) is 4.79. The summed E-state index contributed by atoms with van der Waals surface area (Å²) in [5.74, 6) is 0.675. The first kappa shape index (κ1) is 17.6. The standard InChI is InChI=1S/C21H25ClN2O2/c1-13(15-12-23-17-7-4-6-16(22)21(15)17)11-20(26)24-10-9-19(25)14-5-2-3-8-18(14)24/h4,6-7,12-14,18,23H,2-3,5,8-11H2,1H3. The molecule has 1 aliphatic carbocycles. The van der Waals surface area contributed by atoms with Gasteiger partial charge in [0.05, 0.1) is 5.02 Å². The molecule has 2 aromatic rings. The Balaban J connectivity index is 1.53. The van der Waals surface area contributed by atoms with Gasteiger partial charge in [0.1, 0.15) is 5.78 Å². The maximum Gasteiger partial charge on any atom is 0.223 e. The van der Waals surface area contributed by atoms with Gasteiger partial charge in [0.25, 0.3) is 0 Å². The lowest BCUT2D eigenvalue weighted by molar-refractivity contribution is -0.143. The highest BCUT2D eigenvalue weighted by atomic mass is 35.5. The Hall–Kier alpha value is -1.81. The number of fused-ring (bicyclic) bond motifs is 2. The first-order valence-electron chi connectivity index (χ1n) is 9.64. The van der Waals surface area contributed by atoms with E-state index in [0.29, 0.717) is 30.2 Å². The molecule has 4 rings (SSSR count). The molecular weight excluding hydrogens is 348 g/mol. The molecule has 138 valence electrons. The van der Waals surface area contributed by atoms with Gasteiger partial charge >= 0.3 is 0 Å². The van der Waals surface area contributed by atoms with Gasteiger partial charge in [-0.15, -0.1) is 0 Å². The molecule has 0 radical (unpaired) electrons. The maximum absolute atomic E-state index is 13.1. The summed E-state index contributed by atoms with van der Waals surface area (Å²) in [6.45, 7) is 2.66. The molecule has 2 fully saturated rings. The molecule has 1 aliphatic heterocycles. The molecule has 1 amide bonds. The van der Waals surface area contributed by atoms with E-state index in [9.17, 15) is 9.59 Å². The number of hydrogen-bond acceptors (Lipinski definition) is 2.